The highest BCUT2D eigenvalue weighted by Crippen LogP contribution is 2.31. The molecule has 0 aliphatic carbocycles. The van der Waals surface area contributed by atoms with E-state index in [1.807, 2.05) is 6.92 Å². The molecule has 1 N–H and O–H groups in total. The number of anilines is 2. The van der Waals surface area contributed by atoms with Crippen molar-refractivity contribution < 1.29 is 23.9 Å². The fraction of sp³-hybridized carbons (Fsp3) is 0.318. The summed E-state index contributed by atoms with van der Waals surface area (Å²) in [5, 5.41) is 2.33. The second-order valence-corrected chi connectivity index (χ2v) is 7.90. The zero-order valence-corrected chi connectivity index (χ0v) is 17.7. The Morgan fingerprint density at radius 1 is 1.17 bits per heavy atom. The predicted molar refractivity (Wildman–Crippen MR) is 117 cm³/mol. The van der Waals surface area contributed by atoms with Crippen molar-refractivity contribution in [2.24, 2.45) is 0 Å². The molecule has 0 saturated carbocycles. The Kier molecular flexibility index (Phi) is 7.35. The van der Waals surface area contributed by atoms with Gasteiger partial charge in [-0.3, -0.25) is 14.4 Å². The third-order valence-electron chi connectivity index (χ3n) is 4.51. The van der Waals surface area contributed by atoms with E-state index in [2.05, 4.69) is 5.32 Å². The number of carbonyl (C=O) groups excluding carboxylic acids is 3. The first-order chi connectivity index (χ1) is 14.5. The van der Waals surface area contributed by atoms with Crippen LogP contribution in [0.3, 0.4) is 0 Å². The number of methoxy groups -OCH3 is 1. The van der Waals surface area contributed by atoms with E-state index in [-0.39, 0.29) is 30.6 Å². The van der Waals surface area contributed by atoms with Gasteiger partial charge in [0, 0.05) is 30.3 Å². The summed E-state index contributed by atoms with van der Waals surface area (Å²) in [5.74, 6) is 1.15. The number of hydrogen-bond donors (Lipinski definition) is 1. The van der Waals surface area contributed by atoms with Gasteiger partial charge in [0.2, 0.25) is 17.7 Å². The van der Waals surface area contributed by atoms with Crippen molar-refractivity contribution in [1.29, 1.82) is 0 Å². The van der Waals surface area contributed by atoms with Gasteiger partial charge < -0.3 is 14.8 Å². The number of ether oxygens (including phenoxy) is 2. The molecule has 2 aromatic rings. The van der Waals surface area contributed by atoms with E-state index in [1.165, 1.54) is 16.7 Å². The van der Waals surface area contributed by atoms with Gasteiger partial charge in [-0.05, 0) is 43.3 Å². The maximum Gasteiger partial charge on any atom is 0.247 e. The lowest BCUT2D eigenvalue weighted by Gasteiger charge is -2.15. The molecule has 3 rings (SSSR count). The van der Waals surface area contributed by atoms with Crippen LogP contribution in [-0.2, 0) is 14.4 Å². The molecule has 0 aromatic heterocycles. The number of nitrogens with zero attached hydrogens (tertiary/aromatic N) is 1. The van der Waals surface area contributed by atoms with Gasteiger partial charge in [-0.25, -0.2) is 4.90 Å². The molecule has 1 saturated heterocycles. The molecule has 1 heterocycles. The summed E-state index contributed by atoms with van der Waals surface area (Å²) >= 11 is 1.33. The minimum Gasteiger partial charge on any atom is -0.497 e. The van der Waals surface area contributed by atoms with Crippen molar-refractivity contribution in [3.63, 3.8) is 0 Å². The Balaban J connectivity index is 1.50. The number of nitrogens with one attached hydrogen (secondary N) is 1. The van der Waals surface area contributed by atoms with Crippen molar-refractivity contribution in [3.8, 4) is 11.5 Å². The standard InChI is InChI=1S/C22H24N2O5S/c1-3-29-17-9-7-16(8-10-17)24-21(26)14-19(22(24)27)30-12-11-20(25)23-15-5-4-6-18(13-15)28-2/h4-10,13,19H,3,11-12,14H2,1-2H3,(H,23,25). The highest BCUT2D eigenvalue weighted by molar-refractivity contribution is 8.00. The Hall–Kier alpha value is -3.00. The molecular formula is C22H24N2O5S. The van der Waals surface area contributed by atoms with Crippen LogP contribution < -0.4 is 19.7 Å². The van der Waals surface area contributed by atoms with E-state index >= 15 is 0 Å². The first kappa shape index (κ1) is 21.7. The summed E-state index contributed by atoms with van der Waals surface area (Å²) in [5.41, 5.74) is 1.19. The summed E-state index contributed by atoms with van der Waals surface area (Å²) in [6.07, 6.45) is 0.372. The average Bonchev–Trinajstić information content (AvgIpc) is 3.02. The molecule has 8 heteroatoms. The molecule has 2 aromatic carbocycles. The fourth-order valence-electron chi connectivity index (χ4n) is 3.08. The first-order valence-electron chi connectivity index (χ1n) is 9.67. The van der Waals surface area contributed by atoms with Crippen molar-refractivity contribution >= 4 is 40.9 Å². The van der Waals surface area contributed by atoms with Gasteiger partial charge in [0.25, 0.3) is 0 Å². The number of benzene rings is 2. The molecule has 7 nitrogen and oxygen atoms in total. The number of hydrogen-bond acceptors (Lipinski definition) is 6. The van der Waals surface area contributed by atoms with E-state index < -0.39 is 5.25 Å². The normalized spacial score (nSPS) is 15.9. The summed E-state index contributed by atoms with van der Waals surface area (Å²) in [6.45, 7) is 2.44. The zero-order valence-electron chi connectivity index (χ0n) is 16.9. The monoisotopic (exact) mass is 428 g/mol. The van der Waals surface area contributed by atoms with Crippen LogP contribution in [0.15, 0.2) is 48.5 Å². The quantitative estimate of drug-likeness (QED) is 0.616. The van der Waals surface area contributed by atoms with Crippen LogP contribution in [0.2, 0.25) is 0 Å². The van der Waals surface area contributed by atoms with Crippen LogP contribution in [0.1, 0.15) is 19.8 Å². The largest absolute Gasteiger partial charge is 0.497 e. The molecule has 1 atom stereocenters. The summed E-state index contributed by atoms with van der Waals surface area (Å²) in [6, 6.07) is 14.0. The number of thioether (sulfide) groups is 1. The molecule has 3 amide bonds. The SMILES string of the molecule is CCOc1ccc(N2C(=O)CC(SCCC(=O)Nc3cccc(OC)c3)C2=O)cc1. The highest BCUT2D eigenvalue weighted by atomic mass is 32.2. The van der Waals surface area contributed by atoms with E-state index in [4.69, 9.17) is 9.47 Å². The van der Waals surface area contributed by atoms with Crippen molar-refractivity contribution in [2.45, 2.75) is 25.0 Å². The third kappa shape index (κ3) is 5.33. The van der Waals surface area contributed by atoms with Gasteiger partial charge in [0.05, 0.1) is 24.7 Å². The summed E-state index contributed by atoms with van der Waals surface area (Å²) < 4.78 is 10.5. The van der Waals surface area contributed by atoms with Gasteiger partial charge >= 0.3 is 0 Å². The highest BCUT2D eigenvalue weighted by Gasteiger charge is 2.39. The molecule has 1 aliphatic rings. The van der Waals surface area contributed by atoms with Crippen LogP contribution in [0.25, 0.3) is 0 Å². The van der Waals surface area contributed by atoms with Crippen LogP contribution in [-0.4, -0.2) is 42.4 Å². The summed E-state index contributed by atoms with van der Waals surface area (Å²) in [7, 11) is 1.56. The Morgan fingerprint density at radius 3 is 2.63 bits per heavy atom. The lowest BCUT2D eigenvalue weighted by atomic mass is 10.3. The number of carbonyl (C=O) groups is 3. The second-order valence-electron chi connectivity index (χ2n) is 6.59. The van der Waals surface area contributed by atoms with Gasteiger partial charge in [0.1, 0.15) is 11.5 Å². The smallest absolute Gasteiger partial charge is 0.247 e. The lowest BCUT2D eigenvalue weighted by molar-refractivity contribution is -0.121. The van der Waals surface area contributed by atoms with Crippen molar-refractivity contribution in [3.05, 3.63) is 48.5 Å². The van der Waals surface area contributed by atoms with Gasteiger partial charge in [-0.1, -0.05) is 6.07 Å². The minimum atomic E-state index is -0.478. The van der Waals surface area contributed by atoms with Gasteiger partial charge in [-0.15, -0.1) is 11.8 Å². The lowest BCUT2D eigenvalue weighted by Crippen LogP contribution is -2.31. The number of imide groups is 1. The van der Waals surface area contributed by atoms with E-state index in [0.717, 1.165) is 0 Å². The molecule has 0 radical (unpaired) electrons. The van der Waals surface area contributed by atoms with Gasteiger partial charge in [-0.2, -0.15) is 0 Å². The van der Waals surface area contributed by atoms with Crippen LogP contribution in [0.5, 0.6) is 11.5 Å². The molecule has 0 bridgehead atoms. The minimum absolute atomic E-state index is 0.133. The van der Waals surface area contributed by atoms with E-state index in [9.17, 15) is 14.4 Å². The Labute approximate surface area is 179 Å². The van der Waals surface area contributed by atoms with E-state index in [0.29, 0.717) is 35.2 Å². The topological polar surface area (TPSA) is 84.9 Å². The molecule has 1 fully saturated rings. The number of amides is 3. The summed E-state index contributed by atoms with van der Waals surface area (Å²) in [4.78, 5) is 38.5. The fourth-order valence-corrected chi connectivity index (χ4v) is 4.18. The molecule has 1 aliphatic heterocycles. The second kappa shape index (κ2) is 10.2. The molecule has 30 heavy (non-hydrogen) atoms. The van der Waals surface area contributed by atoms with Crippen LogP contribution in [0.4, 0.5) is 11.4 Å². The number of rotatable bonds is 9. The van der Waals surface area contributed by atoms with Crippen LogP contribution >= 0.6 is 11.8 Å². The van der Waals surface area contributed by atoms with Crippen molar-refractivity contribution in [2.75, 3.05) is 29.7 Å². The Morgan fingerprint density at radius 2 is 1.93 bits per heavy atom. The molecule has 158 valence electrons. The Bertz CT molecular complexity index is 916. The van der Waals surface area contributed by atoms with Crippen LogP contribution in [0, 0.1) is 0 Å². The maximum atomic E-state index is 12.7. The maximum absolute atomic E-state index is 12.7. The van der Waals surface area contributed by atoms with Gasteiger partial charge in [0.15, 0.2) is 0 Å². The van der Waals surface area contributed by atoms with E-state index in [1.54, 1.807) is 55.6 Å². The molecule has 1 unspecified atom stereocenters. The molecule has 0 spiro atoms. The average molecular weight is 429 g/mol. The van der Waals surface area contributed by atoms with Crippen molar-refractivity contribution in [1.82, 2.24) is 0 Å². The first-order valence-corrected chi connectivity index (χ1v) is 10.7. The zero-order chi connectivity index (χ0) is 21.5. The third-order valence-corrected chi connectivity index (χ3v) is 5.72. The molecular weight excluding hydrogens is 404 g/mol. The predicted octanol–water partition coefficient (Wildman–Crippen LogP) is 3.49.